The minimum absolute atomic E-state index is 0.342. The number of nitrogens with zero attached hydrogens (tertiary/aromatic N) is 1. The van der Waals surface area contributed by atoms with E-state index < -0.39 is 0 Å². The zero-order valence-electron chi connectivity index (χ0n) is 13.7. The molecule has 0 aliphatic carbocycles. The van der Waals surface area contributed by atoms with Crippen molar-refractivity contribution >= 4 is 16.8 Å². The van der Waals surface area contributed by atoms with E-state index in [2.05, 4.69) is 17.6 Å². The minimum Gasteiger partial charge on any atom is -0.366 e. The number of para-hydroxylation sites is 1. The summed E-state index contributed by atoms with van der Waals surface area (Å²) in [5, 5.41) is 0.967. The van der Waals surface area contributed by atoms with E-state index >= 15 is 0 Å². The third kappa shape index (κ3) is 4.36. The Bertz CT molecular complexity index is 601. The molecule has 2 aromatic rings. The Kier molecular flexibility index (Phi) is 6.50. The van der Waals surface area contributed by atoms with Crippen LogP contribution in [-0.2, 0) is 6.54 Å². The van der Waals surface area contributed by atoms with Crippen LogP contribution in [0.25, 0.3) is 10.9 Å². The molecule has 2 rings (SSSR count). The number of amides is 1. The number of carbonyl (C=O) groups is 1. The Balaban J connectivity index is 1.83. The Labute approximate surface area is 133 Å². The first-order valence-electron chi connectivity index (χ1n) is 8.61. The van der Waals surface area contributed by atoms with Gasteiger partial charge in [0.2, 0.25) is 0 Å². The van der Waals surface area contributed by atoms with Gasteiger partial charge in [0.15, 0.2) is 0 Å². The molecule has 0 aliphatic rings. The molecule has 0 spiro atoms. The third-order valence-corrected chi connectivity index (χ3v) is 4.31. The number of carbonyl (C=O) groups excluding carboxylic acids is 1. The van der Waals surface area contributed by atoms with Crippen molar-refractivity contribution in [3.05, 3.63) is 36.0 Å². The number of rotatable bonds is 10. The van der Waals surface area contributed by atoms with Gasteiger partial charge in [-0.25, -0.2) is 0 Å². The van der Waals surface area contributed by atoms with Crippen LogP contribution in [0.1, 0.15) is 68.6 Å². The molecule has 3 heteroatoms. The molecule has 2 N–H and O–H groups in total. The molecule has 0 atom stereocenters. The van der Waals surface area contributed by atoms with Gasteiger partial charge in [-0.3, -0.25) is 4.79 Å². The lowest BCUT2D eigenvalue weighted by Gasteiger charge is -2.05. The van der Waals surface area contributed by atoms with E-state index in [0.717, 1.165) is 23.9 Å². The topological polar surface area (TPSA) is 48.0 Å². The van der Waals surface area contributed by atoms with Gasteiger partial charge in [0.05, 0.1) is 5.56 Å². The molecular weight excluding hydrogens is 272 g/mol. The Morgan fingerprint density at radius 2 is 1.64 bits per heavy atom. The van der Waals surface area contributed by atoms with E-state index in [-0.39, 0.29) is 5.91 Å². The highest BCUT2D eigenvalue weighted by molar-refractivity contribution is 6.06. The Hall–Kier alpha value is -1.77. The molecule has 0 saturated heterocycles. The van der Waals surface area contributed by atoms with Gasteiger partial charge in [0, 0.05) is 23.6 Å². The molecule has 3 nitrogen and oxygen atoms in total. The lowest BCUT2D eigenvalue weighted by atomic mass is 10.1. The van der Waals surface area contributed by atoms with Gasteiger partial charge in [-0.05, 0) is 12.5 Å². The molecule has 0 saturated carbocycles. The predicted molar refractivity (Wildman–Crippen MR) is 93.1 cm³/mol. The van der Waals surface area contributed by atoms with Gasteiger partial charge in [0.25, 0.3) is 5.91 Å². The van der Waals surface area contributed by atoms with E-state index in [9.17, 15) is 4.79 Å². The van der Waals surface area contributed by atoms with Crippen LogP contribution in [0.5, 0.6) is 0 Å². The first kappa shape index (κ1) is 16.6. The molecule has 0 unspecified atom stereocenters. The van der Waals surface area contributed by atoms with Crippen LogP contribution in [0.4, 0.5) is 0 Å². The van der Waals surface area contributed by atoms with E-state index in [1.54, 1.807) is 0 Å². The number of aryl methyl sites for hydroxylation is 1. The second-order valence-electron chi connectivity index (χ2n) is 6.09. The Morgan fingerprint density at radius 3 is 2.32 bits per heavy atom. The molecule has 22 heavy (non-hydrogen) atoms. The average Bonchev–Trinajstić information content (AvgIpc) is 2.89. The molecule has 0 fully saturated rings. The van der Waals surface area contributed by atoms with Crippen LogP contribution in [0.15, 0.2) is 30.5 Å². The van der Waals surface area contributed by atoms with E-state index in [1.165, 1.54) is 44.9 Å². The summed E-state index contributed by atoms with van der Waals surface area (Å²) in [5.74, 6) is -0.342. The van der Waals surface area contributed by atoms with Crippen molar-refractivity contribution in [2.45, 2.75) is 64.8 Å². The summed E-state index contributed by atoms with van der Waals surface area (Å²) in [6, 6.07) is 8.00. The van der Waals surface area contributed by atoms with Gasteiger partial charge in [-0.2, -0.15) is 0 Å². The molecular formula is C19H28N2O. The SMILES string of the molecule is CCCCCCCCCCn1cc(C(N)=O)c2ccccc21. The van der Waals surface area contributed by atoms with Crippen molar-refractivity contribution in [1.82, 2.24) is 4.57 Å². The van der Waals surface area contributed by atoms with Crippen LogP contribution < -0.4 is 5.73 Å². The molecule has 120 valence electrons. The largest absolute Gasteiger partial charge is 0.366 e. The average molecular weight is 300 g/mol. The van der Waals surface area contributed by atoms with Crippen molar-refractivity contribution in [1.29, 1.82) is 0 Å². The molecule has 0 aliphatic heterocycles. The fourth-order valence-corrected chi connectivity index (χ4v) is 3.04. The van der Waals surface area contributed by atoms with Gasteiger partial charge in [0.1, 0.15) is 0 Å². The minimum atomic E-state index is -0.342. The fraction of sp³-hybridized carbons (Fsp3) is 0.526. The van der Waals surface area contributed by atoms with Gasteiger partial charge in [-0.15, -0.1) is 0 Å². The number of primary amides is 1. The monoisotopic (exact) mass is 300 g/mol. The van der Waals surface area contributed by atoms with Crippen LogP contribution in [0.3, 0.4) is 0 Å². The number of fused-ring (bicyclic) bond motifs is 1. The van der Waals surface area contributed by atoms with E-state index in [4.69, 9.17) is 5.73 Å². The van der Waals surface area contributed by atoms with Crippen molar-refractivity contribution < 1.29 is 4.79 Å². The maximum atomic E-state index is 11.5. The highest BCUT2D eigenvalue weighted by Gasteiger charge is 2.11. The summed E-state index contributed by atoms with van der Waals surface area (Å²) in [7, 11) is 0. The van der Waals surface area contributed by atoms with Crippen LogP contribution in [0, 0.1) is 0 Å². The second kappa shape index (κ2) is 8.62. The lowest BCUT2D eigenvalue weighted by molar-refractivity contribution is 0.100. The predicted octanol–water partition coefficient (Wildman–Crippen LogP) is 4.88. The number of hydrogen-bond donors (Lipinski definition) is 1. The number of unbranched alkanes of at least 4 members (excludes halogenated alkanes) is 7. The summed E-state index contributed by atoms with van der Waals surface area (Å²) in [6.07, 6.45) is 12.4. The number of nitrogens with two attached hydrogens (primary N) is 1. The molecule has 1 amide bonds. The Morgan fingerprint density at radius 1 is 1.00 bits per heavy atom. The quantitative estimate of drug-likeness (QED) is 0.624. The zero-order chi connectivity index (χ0) is 15.8. The van der Waals surface area contributed by atoms with Crippen LogP contribution in [-0.4, -0.2) is 10.5 Å². The number of aromatic nitrogens is 1. The molecule has 0 radical (unpaired) electrons. The first-order chi connectivity index (χ1) is 10.7. The highest BCUT2D eigenvalue weighted by Crippen LogP contribution is 2.21. The fourth-order valence-electron chi connectivity index (χ4n) is 3.04. The summed E-state index contributed by atoms with van der Waals surface area (Å²) in [5.41, 5.74) is 7.22. The number of benzene rings is 1. The standard InChI is InChI=1S/C19H28N2O/c1-2-3-4-5-6-7-8-11-14-21-15-17(19(20)22)16-12-9-10-13-18(16)21/h9-10,12-13,15H,2-8,11,14H2,1H3,(H2,20,22). The van der Waals surface area contributed by atoms with Crippen LogP contribution >= 0.6 is 0 Å². The summed E-state index contributed by atoms with van der Waals surface area (Å²) in [4.78, 5) is 11.5. The first-order valence-corrected chi connectivity index (χ1v) is 8.61. The maximum absolute atomic E-state index is 11.5. The normalized spacial score (nSPS) is 11.1. The van der Waals surface area contributed by atoms with Gasteiger partial charge >= 0.3 is 0 Å². The maximum Gasteiger partial charge on any atom is 0.250 e. The lowest BCUT2D eigenvalue weighted by Crippen LogP contribution is -2.10. The molecule has 1 heterocycles. The molecule has 1 aromatic carbocycles. The van der Waals surface area contributed by atoms with Crippen molar-refractivity contribution in [3.63, 3.8) is 0 Å². The summed E-state index contributed by atoms with van der Waals surface area (Å²) in [6.45, 7) is 3.21. The van der Waals surface area contributed by atoms with E-state index in [1.807, 2.05) is 24.4 Å². The highest BCUT2D eigenvalue weighted by atomic mass is 16.1. The van der Waals surface area contributed by atoms with Gasteiger partial charge < -0.3 is 10.3 Å². The second-order valence-corrected chi connectivity index (χ2v) is 6.09. The van der Waals surface area contributed by atoms with Crippen LogP contribution in [0.2, 0.25) is 0 Å². The van der Waals surface area contributed by atoms with Crippen molar-refractivity contribution in [2.24, 2.45) is 5.73 Å². The van der Waals surface area contributed by atoms with Crippen molar-refractivity contribution in [3.8, 4) is 0 Å². The molecule has 1 aromatic heterocycles. The van der Waals surface area contributed by atoms with Gasteiger partial charge in [-0.1, -0.05) is 70.1 Å². The molecule has 0 bridgehead atoms. The number of hydrogen-bond acceptors (Lipinski definition) is 1. The smallest absolute Gasteiger partial charge is 0.250 e. The van der Waals surface area contributed by atoms with Crippen molar-refractivity contribution in [2.75, 3.05) is 0 Å². The van der Waals surface area contributed by atoms with E-state index in [0.29, 0.717) is 5.56 Å². The summed E-state index contributed by atoms with van der Waals surface area (Å²) < 4.78 is 2.17. The zero-order valence-corrected chi connectivity index (χ0v) is 13.7. The third-order valence-electron chi connectivity index (χ3n) is 4.31. The summed E-state index contributed by atoms with van der Waals surface area (Å²) >= 11 is 0.